The van der Waals surface area contributed by atoms with Gasteiger partial charge in [-0.25, -0.2) is 0 Å². The van der Waals surface area contributed by atoms with Crippen LogP contribution in [0.2, 0.25) is 5.02 Å². The minimum Gasteiger partial charge on any atom is -0.506 e. The number of carbonyl (C=O) groups is 1. The summed E-state index contributed by atoms with van der Waals surface area (Å²) in [6, 6.07) is 1.62. The molecule has 0 aromatic heterocycles. The Balaban J connectivity index is 2.53. The van der Waals surface area contributed by atoms with Gasteiger partial charge in [-0.15, -0.1) is 0 Å². The molecule has 0 saturated heterocycles. The predicted molar refractivity (Wildman–Crippen MR) is 65.8 cm³/mol. The molecule has 3 nitrogen and oxygen atoms in total. The molecule has 1 saturated carbocycles. The number of carboxylic acids is 1. The highest BCUT2D eigenvalue weighted by Gasteiger charge is 2.48. The molecule has 92 valence electrons. The van der Waals surface area contributed by atoms with E-state index in [1.807, 2.05) is 13.8 Å². The second kappa shape index (κ2) is 3.91. The monoisotopic (exact) mass is 254 g/mol. The molecule has 1 aromatic carbocycles. The molecule has 0 unspecified atom stereocenters. The summed E-state index contributed by atoms with van der Waals surface area (Å²) in [4.78, 5) is 10.9. The molecule has 4 heteroatoms. The zero-order valence-electron chi connectivity index (χ0n) is 9.88. The number of phenols is 1. The molecule has 1 aromatic rings. The van der Waals surface area contributed by atoms with Crippen LogP contribution >= 0.6 is 11.6 Å². The Morgan fingerprint density at radius 3 is 2.53 bits per heavy atom. The van der Waals surface area contributed by atoms with E-state index in [0.717, 1.165) is 29.5 Å². The van der Waals surface area contributed by atoms with Gasteiger partial charge in [-0.1, -0.05) is 11.6 Å². The molecule has 1 aliphatic carbocycles. The van der Waals surface area contributed by atoms with Gasteiger partial charge in [-0.2, -0.15) is 0 Å². The molecular formula is C13H15ClO3. The Morgan fingerprint density at radius 2 is 2.06 bits per heavy atom. The van der Waals surface area contributed by atoms with E-state index in [1.165, 1.54) is 0 Å². The SMILES string of the molecule is Cc1cc(O)c(Cl)c(C)c1C1(CC(=O)O)CC1. The van der Waals surface area contributed by atoms with Crippen LogP contribution in [0.15, 0.2) is 6.07 Å². The smallest absolute Gasteiger partial charge is 0.304 e. The van der Waals surface area contributed by atoms with Gasteiger partial charge >= 0.3 is 5.97 Å². The van der Waals surface area contributed by atoms with Crippen molar-refractivity contribution in [3.63, 3.8) is 0 Å². The lowest BCUT2D eigenvalue weighted by molar-refractivity contribution is -0.137. The Morgan fingerprint density at radius 1 is 1.47 bits per heavy atom. The summed E-state index contributed by atoms with van der Waals surface area (Å²) in [6.45, 7) is 3.73. The van der Waals surface area contributed by atoms with Gasteiger partial charge in [0.05, 0.1) is 11.4 Å². The minimum atomic E-state index is -0.787. The van der Waals surface area contributed by atoms with Gasteiger partial charge in [0.1, 0.15) is 5.75 Å². The second-order valence-corrected chi connectivity index (χ2v) is 5.26. The fourth-order valence-electron chi connectivity index (χ4n) is 2.71. The Kier molecular flexibility index (Phi) is 2.82. The number of aliphatic carboxylic acids is 1. The van der Waals surface area contributed by atoms with Crippen LogP contribution in [0.5, 0.6) is 5.75 Å². The molecule has 1 aliphatic rings. The van der Waals surface area contributed by atoms with E-state index in [2.05, 4.69) is 0 Å². The quantitative estimate of drug-likeness (QED) is 0.871. The van der Waals surface area contributed by atoms with E-state index >= 15 is 0 Å². The first-order chi connectivity index (χ1) is 7.87. The first kappa shape index (κ1) is 12.2. The maximum Gasteiger partial charge on any atom is 0.304 e. The standard InChI is InChI=1S/C13H15ClO3/c1-7-5-9(15)12(14)8(2)11(7)13(3-4-13)6-10(16)17/h5,15H,3-4,6H2,1-2H3,(H,16,17). The average molecular weight is 255 g/mol. The van der Waals surface area contributed by atoms with Crippen molar-refractivity contribution in [1.29, 1.82) is 0 Å². The molecule has 0 atom stereocenters. The van der Waals surface area contributed by atoms with Gasteiger partial charge in [0, 0.05) is 5.41 Å². The van der Waals surface area contributed by atoms with Gasteiger partial charge < -0.3 is 10.2 Å². The van der Waals surface area contributed by atoms with Crippen LogP contribution in [0, 0.1) is 13.8 Å². The van der Waals surface area contributed by atoms with Crippen LogP contribution in [0.1, 0.15) is 36.0 Å². The van der Waals surface area contributed by atoms with E-state index in [4.69, 9.17) is 16.7 Å². The van der Waals surface area contributed by atoms with Crippen LogP contribution in [-0.2, 0) is 10.2 Å². The summed E-state index contributed by atoms with van der Waals surface area (Å²) in [6.07, 6.45) is 1.89. The van der Waals surface area contributed by atoms with E-state index in [9.17, 15) is 9.90 Å². The fraction of sp³-hybridized carbons (Fsp3) is 0.462. The van der Waals surface area contributed by atoms with Crippen molar-refractivity contribution in [3.05, 3.63) is 27.8 Å². The number of phenolic OH excluding ortho intramolecular Hbond substituents is 1. The normalized spacial score (nSPS) is 16.9. The van der Waals surface area contributed by atoms with Crippen LogP contribution in [0.3, 0.4) is 0 Å². The maximum absolute atomic E-state index is 10.9. The van der Waals surface area contributed by atoms with Gasteiger partial charge in [-0.3, -0.25) is 4.79 Å². The first-order valence-electron chi connectivity index (χ1n) is 5.58. The summed E-state index contributed by atoms with van der Waals surface area (Å²) in [5.41, 5.74) is 2.46. The summed E-state index contributed by atoms with van der Waals surface area (Å²) in [5, 5.41) is 18.9. The van der Waals surface area contributed by atoms with E-state index in [-0.39, 0.29) is 17.6 Å². The summed E-state index contributed by atoms with van der Waals surface area (Å²) in [5.74, 6) is -0.720. The summed E-state index contributed by atoms with van der Waals surface area (Å²) in [7, 11) is 0. The lowest BCUT2D eigenvalue weighted by Crippen LogP contribution is -2.16. The zero-order valence-corrected chi connectivity index (χ0v) is 10.6. The topological polar surface area (TPSA) is 57.5 Å². The lowest BCUT2D eigenvalue weighted by Gasteiger charge is -2.20. The van der Waals surface area contributed by atoms with Crippen molar-refractivity contribution in [2.24, 2.45) is 0 Å². The van der Waals surface area contributed by atoms with Crippen LogP contribution < -0.4 is 0 Å². The summed E-state index contributed by atoms with van der Waals surface area (Å²) < 4.78 is 0. The third kappa shape index (κ3) is 2.00. The van der Waals surface area contributed by atoms with Crippen LogP contribution in [0.25, 0.3) is 0 Å². The molecule has 17 heavy (non-hydrogen) atoms. The van der Waals surface area contributed by atoms with Crippen molar-refractivity contribution in [1.82, 2.24) is 0 Å². The van der Waals surface area contributed by atoms with Crippen molar-refractivity contribution in [2.75, 3.05) is 0 Å². The molecule has 0 bridgehead atoms. The van der Waals surface area contributed by atoms with Crippen molar-refractivity contribution in [2.45, 2.75) is 38.5 Å². The third-order valence-corrected chi connectivity index (χ3v) is 4.03. The first-order valence-corrected chi connectivity index (χ1v) is 5.96. The second-order valence-electron chi connectivity index (χ2n) is 4.88. The highest BCUT2D eigenvalue weighted by Crippen LogP contribution is 2.54. The van der Waals surface area contributed by atoms with Gasteiger partial charge in [0.2, 0.25) is 0 Å². The molecular weight excluding hydrogens is 240 g/mol. The van der Waals surface area contributed by atoms with Crippen LogP contribution in [-0.4, -0.2) is 16.2 Å². The molecule has 1 fully saturated rings. The van der Waals surface area contributed by atoms with Crippen LogP contribution in [0.4, 0.5) is 0 Å². The molecule has 2 rings (SSSR count). The molecule has 0 amide bonds. The third-order valence-electron chi connectivity index (χ3n) is 3.55. The highest BCUT2D eigenvalue weighted by molar-refractivity contribution is 6.32. The largest absolute Gasteiger partial charge is 0.506 e. The number of halogens is 1. The van der Waals surface area contributed by atoms with E-state index < -0.39 is 5.97 Å². The van der Waals surface area contributed by atoms with Crippen molar-refractivity contribution >= 4 is 17.6 Å². The predicted octanol–water partition coefficient (Wildman–Crippen LogP) is 3.17. The number of aromatic hydroxyl groups is 1. The number of aryl methyl sites for hydroxylation is 1. The molecule has 2 N–H and O–H groups in total. The molecule has 0 heterocycles. The lowest BCUT2D eigenvalue weighted by atomic mass is 9.85. The maximum atomic E-state index is 10.9. The average Bonchev–Trinajstić information content (AvgIpc) is 2.94. The Labute approximate surface area is 105 Å². The summed E-state index contributed by atoms with van der Waals surface area (Å²) >= 11 is 6.03. The molecule has 0 aliphatic heterocycles. The van der Waals surface area contributed by atoms with Crippen molar-refractivity contribution < 1.29 is 15.0 Å². The minimum absolute atomic E-state index is 0.0662. The highest BCUT2D eigenvalue weighted by atomic mass is 35.5. The van der Waals surface area contributed by atoms with Gasteiger partial charge in [0.25, 0.3) is 0 Å². The fourth-order valence-corrected chi connectivity index (χ4v) is 2.86. The van der Waals surface area contributed by atoms with E-state index in [0.29, 0.717) is 5.02 Å². The Hall–Kier alpha value is -1.22. The number of hydrogen-bond donors (Lipinski definition) is 2. The van der Waals surface area contributed by atoms with Gasteiger partial charge in [0.15, 0.2) is 0 Å². The van der Waals surface area contributed by atoms with Crippen molar-refractivity contribution in [3.8, 4) is 5.75 Å². The molecule has 0 spiro atoms. The van der Waals surface area contributed by atoms with E-state index in [1.54, 1.807) is 6.07 Å². The number of carboxylic acid groups (broad SMARTS) is 1. The number of hydrogen-bond acceptors (Lipinski definition) is 2. The number of rotatable bonds is 3. The van der Waals surface area contributed by atoms with Gasteiger partial charge in [-0.05, 0) is 49.4 Å². The Bertz CT molecular complexity index is 490. The number of benzene rings is 1. The zero-order chi connectivity index (χ0) is 12.8. The molecule has 0 radical (unpaired) electrons.